The Bertz CT molecular complexity index is 669. The Labute approximate surface area is 153 Å². The van der Waals surface area contributed by atoms with Gasteiger partial charge in [0.1, 0.15) is 0 Å². The van der Waals surface area contributed by atoms with E-state index in [0.29, 0.717) is 31.6 Å². The maximum absolute atomic E-state index is 13.8. The molecule has 0 aromatic heterocycles. The maximum Gasteiger partial charge on any atom is 0.417 e. The van der Waals surface area contributed by atoms with Gasteiger partial charge < -0.3 is 5.11 Å². The van der Waals surface area contributed by atoms with Crippen LogP contribution >= 0.6 is 0 Å². The van der Waals surface area contributed by atoms with Crippen molar-refractivity contribution in [2.75, 3.05) is 0 Å². The quantitative estimate of drug-likeness (QED) is 0.647. The smallest absolute Gasteiger partial charge is 0.380 e. The lowest BCUT2D eigenvalue weighted by molar-refractivity contribution is -0.304. The molecule has 2 nitrogen and oxygen atoms in total. The molecular weight excluding hydrogens is 341 g/mol. The molecule has 0 unspecified atom stereocenters. The molecule has 4 aliphatic rings. The number of alkyl halides is 3. The summed E-state index contributed by atoms with van der Waals surface area (Å²) in [5, 5.41) is 10.7. The molecule has 0 amide bonds. The van der Waals surface area contributed by atoms with Gasteiger partial charge in [-0.3, -0.25) is 4.79 Å². The summed E-state index contributed by atoms with van der Waals surface area (Å²) in [6.45, 7) is 6.04. The van der Waals surface area contributed by atoms with E-state index in [1.165, 1.54) is 5.57 Å². The highest BCUT2D eigenvalue weighted by Gasteiger charge is 2.72. The Kier molecular flexibility index (Phi) is 3.82. The first-order chi connectivity index (χ1) is 11.9. The van der Waals surface area contributed by atoms with Crippen LogP contribution in [0.1, 0.15) is 65.7 Å². The summed E-state index contributed by atoms with van der Waals surface area (Å²) in [7, 11) is 0. The highest BCUT2D eigenvalue weighted by molar-refractivity contribution is 5.91. The second-order valence-electron chi connectivity index (χ2n) is 9.88. The van der Waals surface area contributed by atoms with Crippen LogP contribution in [0, 0.1) is 34.5 Å². The minimum Gasteiger partial charge on any atom is -0.380 e. The fourth-order valence-corrected chi connectivity index (χ4v) is 7.39. The molecule has 3 saturated carbocycles. The molecule has 7 atom stereocenters. The van der Waals surface area contributed by atoms with Crippen molar-refractivity contribution in [1.82, 2.24) is 0 Å². The second-order valence-corrected chi connectivity index (χ2v) is 9.88. The summed E-state index contributed by atoms with van der Waals surface area (Å²) >= 11 is 0. The number of rotatable bonds is 0. The molecule has 0 heterocycles. The highest BCUT2D eigenvalue weighted by atomic mass is 19.4. The van der Waals surface area contributed by atoms with Crippen LogP contribution in [-0.2, 0) is 4.79 Å². The number of ketones is 1. The van der Waals surface area contributed by atoms with Gasteiger partial charge in [0.05, 0.1) is 0 Å². The predicted octanol–water partition coefficient (Wildman–Crippen LogP) is 5.06. The molecule has 0 spiro atoms. The van der Waals surface area contributed by atoms with Gasteiger partial charge in [0, 0.05) is 11.8 Å². The maximum atomic E-state index is 13.8. The molecule has 5 heteroatoms. The van der Waals surface area contributed by atoms with Gasteiger partial charge in [-0.15, -0.1) is 0 Å². The second kappa shape index (κ2) is 5.36. The predicted molar refractivity (Wildman–Crippen MR) is 92.3 cm³/mol. The van der Waals surface area contributed by atoms with Crippen molar-refractivity contribution >= 4 is 5.78 Å². The number of hydrogen-bond donors (Lipinski definition) is 1. The average Bonchev–Trinajstić information content (AvgIpc) is 2.82. The fourth-order valence-electron chi connectivity index (χ4n) is 7.39. The number of halogens is 3. The van der Waals surface area contributed by atoms with E-state index in [1.807, 2.05) is 6.08 Å². The number of fused-ring (bicyclic) bond motifs is 5. The van der Waals surface area contributed by atoms with E-state index in [0.717, 1.165) is 12.8 Å². The fraction of sp³-hybridized carbons (Fsp3) is 0.857. The lowest BCUT2D eigenvalue weighted by Crippen LogP contribution is -2.61. The van der Waals surface area contributed by atoms with Crippen LogP contribution in [0.15, 0.2) is 11.6 Å². The molecule has 4 aliphatic carbocycles. The zero-order valence-electron chi connectivity index (χ0n) is 15.8. The minimum absolute atomic E-state index is 0.0641. The van der Waals surface area contributed by atoms with E-state index in [9.17, 15) is 23.1 Å². The van der Waals surface area contributed by atoms with Crippen molar-refractivity contribution in [3.05, 3.63) is 11.6 Å². The van der Waals surface area contributed by atoms with E-state index in [2.05, 4.69) is 13.8 Å². The molecular formula is C21H29F3O2. The molecule has 1 N–H and O–H groups in total. The first kappa shape index (κ1) is 18.5. The van der Waals surface area contributed by atoms with Crippen LogP contribution in [0.5, 0.6) is 0 Å². The van der Waals surface area contributed by atoms with Crippen molar-refractivity contribution in [3.63, 3.8) is 0 Å². The van der Waals surface area contributed by atoms with Crippen molar-refractivity contribution < 1.29 is 23.1 Å². The lowest BCUT2D eigenvalue weighted by Gasteiger charge is -2.61. The number of carbonyl (C=O) groups excluding carboxylic acids is 1. The van der Waals surface area contributed by atoms with Crippen LogP contribution in [0.25, 0.3) is 0 Å². The zero-order chi connectivity index (χ0) is 19.1. The molecule has 0 saturated heterocycles. The van der Waals surface area contributed by atoms with Crippen molar-refractivity contribution in [2.24, 2.45) is 34.5 Å². The third-order valence-corrected chi connectivity index (χ3v) is 8.93. The van der Waals surface area contributed by atoms with Gasteiger partial charge in [0.25, 0.3) is 0 Å². The monoisotopic (exact) mass is 370 g/mol. The molecule has 26 heavy (non-hydrogen) atoms. The molecule has 4 rings (SSSR count). The average molecular weight is 370 g/mol. The largest absolute Gasteiger partial charge is 0.417 e. The van der Waals surface area contributed by atoms with Crippen molar-refractivity contribution in [1.29, 1.82) is 0 Å². The van der Waals surface area contributed by atoms with Gasteiger partial charge in [0.2, 0.25) is 0 Å². The molecule has 0 bridgehead atoms. The van der Waals surface area contributed by atoms with Gasteiger partial charge in [-0.05, 0) is 73.7 Å². The summed E-state index contributed by atoms with van der Waals surface area (Å²) in [5.41, 5.74) is -2.50. The van der Waals surface area contributed by atoms with E-state index in [4.69, 9.17) is 0 Å². The Morgan fingerprint density at radius 2 is 1.77 bits per heavy atom. The van der Waals surface area contributed by atoms with Crippen LogP contribution in [0.4, 0.5) is 13.2 Å². The van der Waals surface area contributed by atoms with Gasteiger partial charge in [-0.25, -0.2) is 0 Å². The molecule has 0 aromatic rings. The highest BCUT2D eigenvalue weighted by Crippen LogP contribution is 2.70. The van der Waals surface area contributed by atoms with Crippen LogP contribution < -0.4 is 0 Å². The van der Waals surface area contributed by atoms with Crippen LogP contribution in [0.3, 0.4) is 0 Å². The number of hydrogen-bond acceptors (Lipinski definition) is 2. The third-order valence-electron chi connectivity index (χ3n) is 8.93. The first-order valence-corrected chi connectivity index (χ1v) is 9.97. The molecule has 146 valence electrons. The van der Waals surface area contributed by atoms with Gasteiger partial charge in [-0.2, -0.15) is 13.2 Å². The normalized spacial score (nSPS) is 51.3. The number of aliphatic hydroxyl groups is 1. The summed E-state index contributed by atoms with van der Waals surface area (Å²) < 4.78 is 41.3. The summed E-state index contributed by atoms with van der Waals surface area (Å²) in [4.78, 5) is 11.9. The summed E-state index contributed by atoms with van der Waals surface area (Å²) in [5.74, 6) is 0.861. The van der Waals surface area contributed by atoms with Crippen molar-refractivity contribution in [2.45, 2.75) is 77.5 Å². The molecule has 0 aliphatic heterocycles. The lowest BCUT2D eigenvalue weighted by atomic mass is 9.44. The topological polar surface area (TPSA) is 37.3 Å². The van der Waals surface area contributed by atoms with E-state index in [1.54, 1.807) is 6.92 Å². The molecule has 3 fully saturated rings. The minimum atomic E-state index is -4.58. The Morgan fingerprint density at radius 1 is 1.12 bits per heavy atom. The molecule has 0 radical (unpaired) electrons. The van der Waals surface area contributed by atoms with Crippen molar-refractivity contribution in [3.8, 4) is 0 Å². The Balaban J connectivity index is 1.74. The third kappa shape index (κ3) is 2.12. The summed E-state index contributed by atoms with van der Waals surface area (Å²) in [6, 6.07) is 0. The first-order valence-electron chi connectivity index (χ1n) is 9.97. The van der Waals surface area contributed by atoms with Crippen LogP contribution in [0.2, 0.25) is 0 Å². The van der Waals surface area contributed by atoms with E-state index < -0.39 is 17.2 Å². The van der Waals surface area contributed by atoms with Gasteiger partial charge in [-0.1, -0.05) is 26.3 Å². The Morgan fingerprint density at radius 3 is 2.42 bits per heavy atom. The standard InChI is InChI=1S/C21H29F3O2/c1-12-10-13-11-14(25)4-7-18(13,2)15-5-8-19(3)16(17(12)15)6-9-20(19,26)21(22,23)24/h11-12,15-17,26H,4-10H2,1-3H3/t12-,15+,16+,17-,18+,19+,20+/m1/s1. The number of carbonyl (C=O) groups is 1. The number of allylic oxidation sites excluding steroid dienone is 1. The van der Waals surface area contributed by atoms with Gasteiger partial charge >= 0.3 is 6.18 Å². The molecule has 0 aromatic carbocycles. The summed E-state index contributed by atoms with van der Waals surface area (Å²) in [6.07, 6.45) is 0.821. The SMILES string of the molecule is C[C@@H]1CC2=CC(=O)CC[C@]2(C)[C@H]2CC[C@@]3(C)[C@@H](CC[C@@]3(O)C(F)(F)F)[C@H]12. The van der Waals surface area contributed by atoms with E-state index in [-0.39, 0.29) is 35.4 Å². The zero-order valence-corrected chi connectivity index (χ0v) is 15.8. The Hall–Kier alpha value is -0.840. The van der Waals surface area contributed by atoms with E-state index >= 15 is 0 Å². The van der Waals surface area contributed by atoms with Gasteiger partial charge in [0.15, 0.2) is 11.4 Å². The van der Waals surface area contributed by atoms with Crippen LogP contribution in [-0.4, -0.2) is 22.7 Å².